The number of aliphatic hydroxyl groups is 1. The van der Waals surface area contributed by atoms with Crippen molar-refractivity contribution < 1.29 is 5.11 Å². The molecule has 1 aliphatic carbocycles. The molecule has 1 aliphatic heterocycles. The van der Waals surface area contributed by atoms with Crippen molar-refractivity contribution in [2.24, 2.45) is 5.92 Å². The van der Waals surface area contributed by atoms with Crippen LogP contribution in [-0.2, 0) is 0 Å². The van der Waals surface area contributed by atoms with E-state index in [9.17, 15) is 5.11 Å². The highest BCUT2D eigenvalue weighted by atomic mass is 16.3. The summed E-state index contributed by atoms with van der Waals surface area (Å²) in [5.74, 6) is 2.27. The van der Waals surface area contributed by atoms with E-state index < -0.39 is 0 Å². The standard InChI is InChI=1S/C18H25N5O/c1-13-9-10-23(21-13)18-8-7-17(19-20-18)22-12-15(24)11-16(22)14-5-3-2-4-6-14/h7-10,14-16,24H,2-6,11-12H2,1H3/t15-,16-/m0/s1. The number of hydrogen-bond acceptors (Lipinski definition) is 5. The van der Waals surface area contributed by atoms with Crippen molar-refractivity contribution in [1.82, 2.24) is 20.0 Å². The van der Waals surface area contributed by atoms with Crippen molar-refractivity contribution in [2.75, 3.05) is 11.4 Å². The molecule has 2 aromatic heterocycles. The van der Waals surface area contributed by atoms with Gasteiger partial charge in [-0.1, -0.05) is 19.3 Å². The van der Waals surface area contributed by atoms with Gasteiger partial charge in [0.2, 0.25) is 0 Å². The molecule has 0 spiro atoms. The molecule has 2 aromatic rings. The summed E-state index contributed by atoms with van der Waals surface area (Å²) in [5.41, 5.74) is 0.959. The van der Waals surface area contributed by atoms with E-state index in [-0.39, 0.29) is 6.10 Å². The number of anilines is 1. The lowest BCUT2D eigenvalue weighted by Gasteiger charge is -2.34. The summed E-state index contributed by atoms with van der Waals surface area (Å²) in [6, 6.07) is 6.31. The van der Waals surface area contributed by atoms with E-state index in [0.717, 1.165) is 23.8 Å². The number of aromatic nitrogens is 4. The minimum Gasteiger partial charge on any atom is -0.391 e. The summed E-state index contributed by atoms with van der Waals surface area (Å²) in [4.78, 5) is 2.27. The second kappa shape index (κ2) is 6.51. The number of rotatable bonds is 3. The smallest absolute Gasteiger partial charge is 0.175 e. The lowest BCUT2D eigenvalue weighted by atomic mass is 9.83. The molecule has 4 rings (SSSR count). The predicted octanol–water partition coefficient (Wildman–Crippen LogP) is 2.49. The fourth-order valence-corrected chi connectivity index (χ4v) is 4.21. The first kappa shape index (κ1) is 15.6. The highest BCUT2D eigenvalue weighted by molar-refractivity contribution is 5.43. The Hall–Kier alpha value is -1.95. The average Bonchev–Trinajstić information content (AvgIpc) is 3.22. The molecule has 6 heteroatoms. The maximum absolute atomic E-state index is 10.2. The Bertz CT molecular complexity index is 677. The monoisotopic (exact) mass is 327 g/mol. The van der Waals surface area contributed by atoms with Gasteiger partial charge in [-0.05, 0) is 50.3 Å². The molecule has 0 aromatic carbocycles. The van der Waals surface area contributed by atoms with Crippen molar-refractivity contribution in [3.63, 3.8) is 0 Å². The zero-order chi connectivity index (χ0) is 16.5. The minimum absolute atomic E-state index is 0.257. The molecule has 3 heterocycles. The van der Waals surface area contributed by atoms with Gasteiger partial charge in [-0.3, -0.25) is 0 Å². The Morgan fingerprint density at radius 1 is 1.04 bits per heavy atom. The van der Waals surface area contributed by atoms with E-state index >= 15 is 0 Å². The van der Waals surface area contributed by atoms with E-state index in [2.05, 4.69) is 20.2 Å². The normalized spacial score (nSPS) is 25.3. The third-order valence-corrected chi connectivity index (χ3v) is 5.40. The Balaban J connectivity index is 1.55. The van der Waals surface area contributed by atoms with Gasteiger partial charge in [-0.15, -0.1) is 10.2 Å². The van der Waals surface area contributed by atoms with Gasteiger partial charge in [0.1, 0.15) is 0 Å². The van der Waals surface area contributed by atoms with Crippen molar-refractivity contribution in [1.29, 1.82) is 0 Å². The van der Waals surface area contributed by atoms with Gasteiger partial charge in [-0.25, -0.2) is 4.68 Å². The van der Waals surface area contributed by atoms with Crippen LogP contribution in [0, 0.1) is 12.8 Å². The number of aliphatic hydroxyl groups excluding tert-OH is 1. The quantitative estimate of drug-likeness (QED) is 0.938. The molecule has 6 nitrogen and oxygen atoms in total. The van der Waals surface area contributed by atoms with Gasteiger partial charge < -0.3 is 10.0 Å². The van der Waals surface area contributed by atoms with Crippen molar-refractivity contribution >= 4 is 5.82 Å². The van der Waals surface area contributed by atoms with Crippen LogP contribution in [0.2, 0.25) is 0 Å². The molecule has 0 amide bonds. The molecule has 128 valence electrons. The molecule has 1 saturated carbocycles. The molecular formula is C18H25N5O. The predicted molar refractivity (Wildman–Crippen MR) is 92.2 cm³/mol. The van der Waals surface area contributed by atoms with Crippen LogP contribution in [0.5, 0.6) is 0 Å². The molecule has 2 atom stereocenters. The van der Waals surface area contributed by atoms with Crippen LogP contribution in [0.25, 0.3) is 5.82 Å². The van der Waals surface area contributed by atoms with Crippen molar-refractivity contribution in [3.05, 3.63) is 30.1 Å². The first-order valence-corrected chi connectivity index (χ1v) is 9.02. The van der Waals surface area contributed by atoms with Gasteiger partial charge in [-0.2, -0.15) is 5.10 Å². The van der Waals surface area contributed by atoms with Crippen LogP contribution < -0.4 is 4.90 Å². The lowest BCUT2D eigenvalue weighted by Crippen LogP contribution is -2.37. The fourth-order valence-electron chi connectivity index (χ4n) is 4.21. The van der Waals surface area contributed by atoms with Crippen LogP contribution in [-0.4, -0.2) is 43.8 Å². The van der Waals surface area contributed by atoms with E-state index in [1.54, 1.807) is 4.68 Å². The number of nitrogens with zero attached hydrogens (tertiary/aromatic N) is 5. The Labute approximate surface area is 142 Å². The van der Waals surface area contributed by atoms with Crippen LogP contribution in [0.3, 0.4) is 0 Å². The number of β-amino-alcohol motifs (C(OH)–C–C–N with tert-alkyl or cyclic N) is 1. The second-order valence-corrected chi connectivity index (χ2v) is 7.16. The van der Waals surface area contributed by atoms with Gasteiger partial charge >= 0.3 is 0 Å². The molecule has 0 unspecified atom stereocenters. The second-order valence-electron chi connectivity index (χ2n) is 7.16. The molecule has 2 fully saturated rings. The number of hydrogen-bond donors (Lipinski definition) is 1. The van der Waals surface area contributed by atoms with Gasteiger partial charge in [0.05, 0.1) is 11.8 Å². The van der Waals surface area contributed by atoms with Crippen LogP contribution in [0.1, 0.15) is 44.2 Å². The maximum atomic E-state index is 10.2. The third-order valence-electron chi connectivity index (χ3n) is 5.40. The Kier molecular flexibility index (Phi) is 4.22. The van der Waals surface area contributed by atoms with Gasteiger partial charge in [0, 0.05) is 18.8 Å². The molecule has 1 saturated heterocycles. The van der Waals surface area contributed by atoms with Crippen molar-refractivity contribution in [3.8, 4) is 5.82 Å². The van der Waals surface area contributed by atoms with Crippen LogP contribution in [0.4, 0.5) is 5.82 Å². The Morgan fingerprint density at radius 2 is 1.79 bits per heavy atom. The summed E-state index contributed by atoms with van der Waals surface area (Å²) in [7, 11) is 0. The highest BCUT2D eigenvalue weighted by Crippen LogP contribution is 2.36. The fraction of sp³-hybridized carbons (Fsp3) is 0.611. The SMILES string of the molecule is Cc1ccn(-c2ccc(N3C[C@@H](O)C[C@H]3C3CCCCC3)nn2)n1. The molecular weight excluding hydrogens is 302 g/mol. The average molecular weight is 327 g/mol. The molecule has 0 bridgehead atoms. The minimum atomic E-state index is -0.257. The first-order chi connectivity index (χ1) is 11.7. The van der Waals surface area contributed by atoms with Crippen molar-refractivity contribution in [2.45, 2.75) is 57.6 Å². The maximum Gasteiger partial charge on any atom is 0.175 e. The first-order valence-electron chi connectivity index (χ1n) is 9.02. The summed E-state index contributed by atoms with van der Waals surface area (Å²) >= 11 is 0. The molecule has 0 radical (unpaired) electrons. The summed E-state index contributed by atoms with van der Waals surface area (Å²) in [5, 5.41) is 23.3. The molecule has 1 N–H and O–H groups in total. The summed E-state index contributed by atoms with van der Waals surface area (Å²) in [6.07, 6.45) is 9.01. The zero-order valence-corrected chi connectivity index (χ0v) is 14.2. The van der Waals surface area contributed by atoms with Crippen LogP contribution in [0.15, 0.2) is 24.4 Å². The molecule has 2 aliphatic rings. The summed E-state index contributed by atoms with van der Waals surface area (Å²) in [6.45, 7) is 2.62. The van der Waals surface area contributed by atoms with Gasteiger partial charge in [0.15, 0.2) is 11.6 Å². The number of aryl methyl sites for hydroxylation is 1. The third kappa shape index (κ3) is 3.02. The van der Waals surface area contributed by atoms with E-state index in [1.165, 1.54) is 32.1 Å². The molecule has 24 heavy (non-hydrogen) atoms. The summed E-state index contributed by atoms with van der Waals surface area (Å²) < 4.78 is 1.74. The zero-order valence-electron chi connectivity index (χ0n) is 14.2. The lowest BCUT2D eigenvalue weighted by molar-refractivity contribution is 0.185. The van der Waals surface area contributed by atoms with Gasteiger partial charge in [0.25, 0.3) is 0 Å². The van der Waals surface area contributed by atoms with E-state index in [4.69, 9.17) is 0 Å². The van der Waals surface area contributed by atoms with Crippen LogP contribution >= 0.6 is 0 Å². The largest absolute Gasteiger partial charge is 0.391 e. The Morgan fingerprint density at radius 3 is 2.46 bits per heavy atom. The van der Waals surface area contributed by atoms with E-state index in [1.807, 2.05) is 31.3 Å². The highest BCUT2D eigenvalue weighted by Gasteiger charge is 2.37. The topological polar surface area (TPSA) is 67.1 Å². The van der Waals surface area contributed by atoms with E-state index in [0.29, 0.717) is 18.5 Å².